The lowest BCUT2D eigenvalue weighted by Gasteiger charge is -2.28. The number of rotatable bonds is 6. The lowest BCUT2D eigenvalue weighted by molar-refractivity contribution is 0.122. The minimum atomic E-state index is 0.687. The van der Waals surface area contributed by atoms with Crippen molar-refractivity contribution in [2.45, 2.75) is 13.1 Å². The van der Waals surface area contributed by atoms with Crippen molar-refractivity contribution >= 4 is 11.6 Å². The molecule has 0 unspecified atom stereocenters. The number of hydrogen-bond acceptors (Lipinski definition) is 4. The number of benzene rings is 2. The minimum absolute atomic E-state index is 0.687. The molecule has 144 valence electrons. The summed E-state index contributed by atoms with van der Waals surface area (Å²) in [6, 6.07) is 16.7. The largest absolute Gasteiger partial charge is 0.497 e. The smallest absolute Gasteiger partial charge is 0.191 e. The number of hydrogen-bond donors (Lipinski definition) is 2. The van der Waals surface area contributed by atoms with E-state index in [-0.39, 0.29) is 0 Å². The summed E-state index contributed by atoms with van der Waals surface area (Å²) in [6.07, 6.45) is 0. The minimum Gasteiger partial charge on any atom is -0.497 e. The van der Waals surface area contributed by atoms with Crippen LogP contribution in [0.3, 0.4) is 0 Å². The topological polar surface area (TPSA) is 58.1 Å². The number of aliphatic imine (C=N–C) groups is 1. The van der Waals surface area contributed by atoms with E-state index in [4.69, 9.17) is 9.47 Å². The molecule has 0 radical (unpaired) electrons. The van der Waals surface area contributed by atoms with Gasteiger partial charge in [-0.3, -0.25) is 4.99 Å². The molecule has 3 rings (SSSR count). The Labute approximate surface area is 161 Å². The first-order chi connectivity index (χ1) is 13.3. The second kappa shape index (κ2) is 9.83. The average molecular weight is 368 g/mol. The van der Waals surface area contributed by atoms with Crippen molar-refractivity contribution in [3.63, 3.8) is 0 Å². The van der Waals surface area contributed by atoms with E-state index in [1.165, 1.54) is 11.3 Å². The number of morpholine rings is 1. The number of nitrogens with one attached hydrogen (secondary N) is 2. The van der Waals surface area contributed by atoms with E-state index in [1.807, 2.05) is 18.2 Å². The quantitative estimate of drug-likeness (QED) is 0.606. The molecule has 1 aliphatic heterocycles. The van der Waals surface area contributed by atoms with E-state index in [9.17, 15) is 0 Å². The molecule has 2 aromatic carbocycles. The SMILES string of the molecule is CN=C(NCc1ccc(N2CCOCC2)cc1)NCc1cccc(OC)c1. The Morgan fingerprint density at radius 3 is 2.41 bits per heavy atom. The Morgan fingerprint density at radius 1 is 1.04 bits per heavy atom. The van der Waals surface area contributed by atoms with Crippen LogP contribution in [0.1, 0.15) is 11.1 Å². The zero-order chi connectivity index (χ0) is 18.9. The van der Waals surface area contributed by atoms with Crippen molar-refractivity contribution in [1.82, 2.24) is 10.6 Å². The van der Waals surface area contributed by atoms with Gasteiger partial charge in [0.2, 0.25) is 0 Å². The second-order valence-corrected chi connectivity index (χ2v) is 6.40. The number of methoxy groups -OCH3 is 1. The van der Waals surface area contributed by atoms with Crippen molar-refractivity contribution in [2.75, 3.05) is 45.4 Å². The van der Waals surface area contributed by atoms with E-state index in [2.05, 4.69) is 50.9 Å². The second-order valence-electron chi connectivity index (χ2n) is 6.40. The highest BCUT2D eigenvalue weighted by atomic mass is 16.5. The van der Waals surface area contributed by atoms with Gasteiger partial charge in [0.05, 0.1) is 20.3 Å². The first-order valence-electron chi connectivity index (χ1n) is 9.27. The molecular formula is C21H28N4O2. The molecule has 0 aromatic heterocycles. The lowest BCUT2D eigenvalue weighted by atomic mass is 10.2. The van der Waals surface area contributed by atoms with Crippen molar-refractivity contribution in [3.8, 4) is 5.75 Å². The molecule has 0 saturated carbocycles. The molecule has 1 aliphatic rings. The molecule has 0 bridgehead atoms. The molecule has 2 N–H and O–H groups in total. The number of guanidine groups is 1. The molecule has 27 heavy (non-hydrogen) atoms. The van der Waals surface area contributed by atoms with Crippen molar-refractivity contribution in [3.05, 3.63) is 59.7 Å². The summed E-state index contributed by atoms with van der Waals surface area (Å²) in [7, 11) is 3.46. The molecular weight excluding hydrogens is 340 g/mol. The van der Waals surface area contributed by atoms with Crippen LogP contribution in [-0.2, 0) is 17.8 Å². The van der Waals surface area contributed by atoms with Crippen LogP contribution in [0.2, 0.25) is 0 Å². The summed E-state index contributed by atoms with van der Waals surface area (Å²) in [5.41, 5.74) is 3.62. The lowest BCUT2D eigenvalue weighted by Crippen LogP contribution is -2.36. The third-order valence-electron chi connectivity index (χ3n) is 4.59. The first-order valence-corrected chi connectivity index (χ1v) is 9.27. The predicted octanol–water partition coefficient (Wildman–Crippen LogP) is 2.40. The standard InChI is InChI=1S/C21H28N4O2/c1-22-21(24-16-18-4-3-5-20(14-18)26-2)23-15-17-6-8-19(9-7-17)25-10-12-27-13-11-25/h3-9,14H,10-13,15-16H2,1-2H3,(H2,22,23,24). The molecule has 1 saturated heterocycles. The van der Waals surface area contributed by atoms with Crippen LogP contribution in [0.5, 0.6) is 5.75 Å². The molecule has 0 atom stereocenters. The molecule has 1 fully saturated rings. The van der Waals surface area contributed by atoms with Gasteiger partial charge in [0, 0.05) is 38.9 Å². The number of ether oxygens (including phenoxy) is 2. The Balaban J connectivity index is 1.48. The van der Waals surface area contributed by atoms with Crippen LogP contribution in [0, 0.1) is 0 Å². The maximum atomic E-state index is 5.41. The van der Waals surface area contributed by atoms with Gasteiger partial charge in [-0.2, -0.15) is 0 Å². The summed E-state index contributed by atoms with van der Waals surface area (Å²) in [5.74, 6) is 1.63. The predicted molar refractivity (Wildman–Crippen MR) is 110 cm³/mol. The summed E-state index contributed by atoms with van der Waals surface area (Å²) in [6.45, 7) is 4.93. The van der Waals surface area contributed by atoms with Gasteiger partial charge in [0.1, 0.15) is 5.75 Å². The van der Waals surface area contributed by atoms with Gasteiger partial charge >= 0.3 is 0 Å². The van der Waals surface area contributed by atoms with Crippen molar-refractivity contribution in [1.29, 1.82) is 0 Å². The summed E-state index contributed by atoms with van der Waals surface area (Å²) in [5, 5.41) is 6.69. The Kier molecular flexibility index (Phi) is 6.93. The Bertz CT molecular complexity index is 740. The average Bonchev–Trinajstić information content (AvgIpc) is 2.75. The van der Waals surface area contributed by atoms with E-state index in [1.54, 1.807) is 14.2 Å². The van der Waals surface area contributed by atoms with Crippen LogP contribution in [0.15, 0.2) is 53.5 Å². The highest BCUT2D eigenvalue weighted by Crippen LogP contribution is 2.16. The molecule has 1 heterocycles. The molecule has 0 spiro atoms. The van der Waals surface area contributed by atoms with Gasteiger partial charge in [-0.05, 0) is 35.4 Å². The van der Waals surface area contributed by atoms with Crippen LogP contribution in [0.4, 0.5) is 5.69 Å². The molecule has 0 amide bonds. The highest BCUT2D eigenvalue weighted by molar-refractivity contribution is 5.79. The van der Waals surface area contributed by atoms with Crippen LogP contribution >= 0.6 is 0 Å². The molecule has 0 aliphatic carbocycles. The molecule has 2 aromatic rings. The third kappa shape index (κ3) is 5.62. The monoisotopic (exact) mass is 368 g/mol. The maximum Gasteiger partial charge on any atom is 0.191 e. The normalized spacial score (nSPS) is 14.7. The van der Waals surface area contributed by atoms with Crippen molar-refractivity contribution < 1.29 is 9.47 Å². The number of anilines is 1. The third-order valence-corrected chi connectivity index (χ3v) is 4.59. The summed E-state index contributed by atoms with van der Waals surface area (Å²) < 4.78 is 10.7. The zero-order valence-corrected chi connectivity index (χ0v) is 16.1. The van der Waals surface area contributed by atoms with E-state index in [0.29, 0.717) is 6.54 Å². The van der Waals surface area contributed by atoms with Gasteiger partial charge in [-0.25, -0.2) is 0 Å². The van der Waals surface area contributed by atoms with Gasteiger partial charge in [0.15, 0.2) is 5.96 Å². The van der Waals surface area contributed by atoms with E-state index >= 15 is 0 Å². The maximum absolute atomic E-state index is 5.41. The van der Waals surface area contributed by atoms with Gasteiger partial charge in [-0.15, -0.1) is 0 Å². The van der Waals surface area contributed by atoms with Crippen LogP contribution in [0.25, 0.3) is 0 Å². The fourth-order valence-electron chi connectivity index (χ4n) is 3.02. The van der Waals surface area contributed by atoms with Gasteiger partial charge < -0.3 is 25.0 Å². The fraction of sp³-hybridized carbons (Fsp3) is 0.381. The zero-order valence-electron chi connectivity index (χ0n) is 16.1. The fourth-order valence-corrected chi connectivity index (χ4v) is 3.02. The Hall–Kier alpha value is -2.73. The van der Waals surface area contributed by atoms with Gasteiger partial charge in [-0.1, -0.05) is 24.3 Å². The van der Waals surface area contributed by atoms with E-state index in [0.717, 1.165) is 50.1 Å². The Morgan fingerprint density at radius 2 is 1.74 bits per heavy atom. The first kappa shape index (κ1) is 19.0. The van der Waals surface area contributed by atoms with Crippen LogP contribution < -0.4 is 20.3 Å². The van der Waals surface area contributed by atoms with Gasteiger partial charge in [0.25, 0.3) is 0 Å². The van der Waals surface area contributed by atoms with E-state index < -0.39 is 0 Å². The summed E-state index contributed by atoms with van der Waals surface area (Å²) >= 11 is 0. The summed E-state index contributed by atoms with van der Waals surface area (Å²) in [4.78, 5) is 6.65. The van der Waals surface area contributed by atoms with Crippen LogP contribution in [-0.4, -0.2) is 46.4 Å². The van der Waals surface area contributed by atoms with Crippen molar-refractivity contribution in [2.24, 2.45) is 4.99 Å². The molecule has 6 nitrogen and oxygen atoms in total. The highest BCUT2D eigenvalue weighted by Gasteiger charge is 2.10. The molecule has 6 heteroatoms. The number of nitrogens with zero attached hydrogens (tertiary/aromatic N) is 2.